The Bertz CT molecular complexity index is 1150. The molecule has 254 valence electrons. The molecule has 46 heavy (non-hydrogen) atoms. The number of carbonyl (C=O) groups excluding carboxylic acids is 3. The van der Waals surface area contributed by atoms with Crippen molar-refractivity contribution in [2.75, 3.05) is 13.3 Å². The Morgan fingerprint density at radius 2 is 1.37 bits per heavy atom. The van der Waals surface area contributed by atoms with Gasteiger partial charge in [0.2, 0.25) is 5.91 Å². The van der Waals surface area contributed by atoms with Gasteiger partial charge in [0, 0.05) is 24.7 Å². The maximum Gasteiger partial charge on any atom is 0.307 e. The fourth-order valence-corrected chi connectivity index (χ4v) is 6.63. The molecule has 3 rings (SSSR count). The van der Waals surface area contributed by atoms with Crippen LogP contribution in [0.4, 0.5) is 4.79 Å². The summed E-state index contributed by atoms with van der Waals surface area (Å²) in [4.78, 5) is 43.1. The summed E-state index contributed by atoms with van der Waals surface area (Å²) in [5, 5.41) is -0.888. The number of hydrogen-bond acceptors (Lipinski definition) is 7. The summed E-state index contributed by atoms with van der Waals surface area (Å²) in [6.07, 6.45) is 23.4. The second kappa shape index (κ2) is 22.6. The maximum absolute atomic E-state index is 12.9. The highest BCUT2D eigenvalue weighted by molar-refractivity contribution is 8.15. The van der Waals surface area contributed by atoms with E-state index in [-0.39, 0.29) is 23.8 Å². The number of imide groups is 1. The number of aromatic nitrogens is 1. The fourth-order valence-electron chi connectivity index (χ4n) is 5.62. The Hall–Kier alpha value is -2.87. The Morgan fingerprint density at radius 3 is 1.93 bits per heavy atom. The van der Waals surface area contributed by atoms with Gasteiger partial charge in [-0.25, -0.2) is 4.90 Å². The van der Waals surface area contributed by atoms with Crippen molar-refractivity contribution in [3.63, 3.8) is 0 Å². The molecule has 2 aromatic rings. The number of hydrogen-bond donors (Lipinski definition) is 0. The van der Waals surface area contributed by atoms with E-state index in [4.69, 9.17) is 9.47 Å². The van der Waals surface area contributed by atoms with Crippen molar-refractivity contribution in [1.82, 2.24) is 9.88 Å². The molecule has 0 bridgehead atoms. The van der Waals surface area contributed by atoms with Crippen molar-refractivity contribution < 1.29 is 23.9 Å². The van der Waals surface area contributed by atoms with Crippen LogP contribution in [-0.2, 0) is 33.6 Å². The normalized spacial score (nSPS) is 14.7. The minimum absolute atomic E-state index is 0.304. The summed E-state index contributed by atoms with van der Waals surface area (Å²) >= 11 is 0.994. The molecular weight excluding hydrogens is 596 g/mol. The lowest BCUT2D eigenvalue weighted by Crippen LogP contribution is -2.35. The number of ether oxygens (including phenoxy) is 2. The van der Waals surface area contributed by atoms with Gasteiger partial charge in [-0.15, -0.1) is 0 Å². The van der Waals surface area contributed by atoms with Crippen molar-refractivity contribution in [2.24, 2.45) is 0 Å². The molecule has 1 saturated heterocycles. The van der Waals surface area contributed by atoms with Crippen LogP contribution in [0.3, 0.4) is 0 Å². The average molecular weight is 653 g/mol. The van der Waals surface area contributed by atoms with E-state index in [1.165, 1.54) is 82.6 Å². The molecule has 2 heterocycles. The molecule has 1 aromatic carbocycles. The van der Waals surface area contributed by atoms with Gasteiger partial charge in [0.15, 0.2) is 6.73 Å². The average Bonchev–Trinajstić information content (AvgIpc) is 3.33. The van der Waals surface area contributed by atoms with E-state index in [0.29, 0.717) is 19.4 Å². The lowest BCUT2D eigenvalue weighted by Gasteiger charge is -2.14. The van der Waals surface area contributed by atoms with Crippen LogP contribution in [-0.4, -0.2) is 45.6 Å². The highest BCUT2D eigenvalue weighted by Crippen LogP contribution is 2.30. The van der Waals surface area contributed by atoms with Crippen LogP contribution in [0.5, 0.6) is 5.75 Å². The number of amides is 2. The standard InChI is InChI=1S/C38H56N2O5S/c1-3-5-6-7-8-9-10-11-12-13-14-15-16-17-18-19-36(41)45-30-40-37(42)35(46-38(40)43)28-32-21-24-34(25-22-32)44-27-26-33-23-20-31(4-2)29-39-33/h20-25,29,35H,3-19,26-28,30H2,1-2H3. The molecule has 0 spiro atoms. The number of rotatable bonds is 25. The molecule has 0 radical (unpaired) electrons. The number of carbonyl (C=O) groups is 3. The van der Waals surface area contributed by atoms with Gasteiger partial charge in [-0.1, -0.05) is 134 Å². The van der Waals surface area contributed by atoms with Gasteiger partial charge in [-0.3, -0.25) is 19.4 Å². The molecule has 7 nitrogen and oxygen atoms in total. The minimum atomic E-state index is -0.523. The van der Waals surface area contributed by atoms with Gasteiger partial charge in [-0.2, -0.15) is 0 Å². The Morgan fingerprint density at radius 1 is 0.783 bits per heavy atom. The molecular formula is C38H56N2O5S. The molecule has 8 heteroatoms. The molecule has 2 amide bonds. The Labute approximate surface area is 281 Å². The molecule has 1 aliphatic rings. The smallest absolute Gasteiger partial charge is 0.307 e. The second-order valence-corrected chi connectivity index (χ2v) is 13.6. The third-order valence-corrected chi connectivity index (χ3v) is 9.68. The number of thioether (sulfide) groups is 1. The summed E-state index contributed by atoms with van der Waals surface area (Å²) < 4.78 is 11.2. The molecule has 0 N–H and O–H groups in total. The van der Waals surface area contributed by atoms with Crippen molar-refractivity contribution >= 4 is 28.9 Å². The Kier molecular flexibility index (Phi) is 18.5. The Balaban J connectivity index is 1.21. The molecule has 1 aromatic heterocycles. The number of nitrogens with zero attached hydrogens (tertiary/aromatic N) is 2. The predicted molar refractivity (Wildman–Crippen MR) is 187 cm³/mol. The zero-order valence-electron chi connectivity index (χ0n) is 28.3. The number of aryl methyl sites for hydroxylation is 1. The number of unbranched alkanes of at least 4 members (excludes halogenated alkanes) is 14. The second-order valence-electron chi connectivity index (χ2n) is 12.4. The van der Waals surface area contributed by atoms with Gasteiger partial charge >= 0.3 is 5.97 Å². The number of benzene rings is 1. The first kappa shape index (κ1) is 37.6. The zero-order chi connectivity index (χ0) is 32.8. The highest BCUT2D eigenvalue weighted by Gasteiger charge is 2.40. The van der Waals surface area contributed by atoms with Crippen LogP contribution < -0.4 is 4.74 Å². The monoisotopic (exact) mass is 652 g/mol. The maximum atomic E-state index is 12.9. The predicted octanol–water partition coefficient (Wildman–Crippen LogP) is 9.63. The largest absolute Gasteiger partial charge is 0.493 e. The first-order valence-electron chi connectivity index (χ1n) is 17.8. The lowest BCUT2D eigenvalue weighted by atomic mass is 10.0. The number of pyridine rings is 1. The van der Waals surface area contributed by atoms with Gasteiger partial charge in [0.05, 0.1) is 11.9 Å². The van der Waals surface area contributed by atoms with Crippen molar-refractivity contribution in [3.8, 4) is 5.75 Å². The van der Waals surface area contributed by atoms with E-state index in [9.17, 15) is 14.4 Å². The summed E-state index contributed by atoms with van der Waals surface area (Å²) in [6, 6.07) is 11.7. The van der Waals surface area contributed by atoms with Crippen LogP contribution in [0.15, 0.2) is 42.6 Å². The molecule has 1 fully saturated rings. The molecule has 1 unspecified atom stereocenters. The SMILES string of the molecule is CCCCCCCCCCCCCCCCCC(=O)OCN1C(=O)SC(Cc2ccc(OCCc3ccc(CC)cn3)cc2)C1=O. The van der Waals surface area contributed by atoms with Gasteiger partial charge in [0.25, 0.3) is 5.24 Å². The molecule has 1 aliphatic heterocycles. The van der Waals surface area contributed by atoms with Gasteiger partial charge in [-0.05, 0) is 48.6 Å². The van der Waals surface area contributed by atoms with Crippen LogP contribution in [0.2, 0.25) is 0 Å². The summed E-state index contributed by atoms with van der Waals surface area (Å²) in [5.41, 5.74) is 3.15. The summed E-state index contributed by atoms with van der Waals surface area (Å²) in [5.74, 6) is 0.0859. The lowest BCUT2D eigenvalue weighted by molar-refractivity contribution is -0.149. The van der Waals surface area contributed by atoms with E-state index in [1.807, 2.05) is 36.5 Å². The molecule has 0 saturated carbocycles. The van der Waals surface area contributed by atoms with Gasteiger partial charge < -0.3 is 9.47 Å². The molecule has 1 atom stereocenters. The van der Waals surface area contributed by atoms with E-state index >= 15 is 0 Å². The fraction of sp³-hybridized carbons (Fsp3) is 0.632. The van der Waals surface area contributed by atoms with Crippen molar-refractivity contribution in [2.45, 2.75) is 141 Å². The minimum Gasteiger partial charge on any atom is -0.493 e. The highest BCUT2D eigenvalue weighted by atomic mass is 32.2. The van der Waals surface area contributed by atoms with E-state index < -0.39 is 5.25 Å². The third kappa shape index (κ3) is 14.7. The van der Waals surface area contributed by atoms with Gasteiger partial charge in [0.1, 0.15) is 5.75 Å². The zero-order valence-corrected chi connectivity index (χ0v) is 29.1. The van der Waals surface area contributed by atoms with Crippen LogP contribution in [0.1, 0.15) is 133 Å². The first-order valence-corrected chi connectivity index (χ1v) is 18.7. The van der Waals surface area contributed by atoms with E-state index in [0.717, 1.165) is 65.8 Å². The summed E-state index contributed by atoms with van der Waals surface area (Å²) in [7, 11) is 0. The molecule has 0 aliphatic carbocycles. The van der Waals surface area contributed by atoms with Crippen LogP contribution >= 0.6 is 11.8 Å². The van der Waals surface area contributed by atoms with Crippen LogP contribution in [0, 0.1) is 0 Å². The van der Waals surface area contributed by atoms with Crippen LogP contribution in [0.25, 0.3) is 0 Å². The first-order chi connectivity index (χ1) is 22.5. The summed E-state index contributed by atoms with van der Waals surface area (Å²) in [6.45, 7) is 4.59. The quantitative estimate of drug-likeness (QED) is 0.0780. The van der Waals surface area contributed by atoms with Crippen molar-refractivity contribution in [1.29, 1.82) is 0 Å². The van der Waals surface area contributed by atoms with E-state index in [1.54, 1.807) is 0 Å². The topological polar surface area (TPSA) is 85.8 Å². The number of esters is 1. The van der Waals surface area contributed by atoms with Crippen molar-refractivity contribution in [3.05, 3.63) is 59.4 Å². The van der Waals surface area contributed by atoms with E-state index in [2.05, 4.69) is 24.9 Å². The third-order valence-electron chi connectivity index (χ3n) is 8.61.